The number of benzene rings is 1. The van der Waals surface area contributed by atoms with Crippen LogP contribution in [0.5, 0.6) is 11.5 Å². The molecule has 11 heteroatoms. The van der Waals surface area contributed by atoms with E-state index in [0.717, 1.165) is 5.56 Å². The van der Waals surface area contributed by atoms with Gasteiger partial charge in [0.25, 0.3) is 6.47 Å². The van der Waals surface area contributed by atoms with Gasteiger partial charge in [-0.3, -0.25) is 4.79 Å². The second kappa shape index (κ2) is 10.4. The molecular weight excluding hydrogens is 414 g/mol. The number of sulfonamides is 1. The summed E-state index contributed by atoms with van der Waals surface area (Å²) in [4.78, 5) is 12.9. The van der Waals surface area contributed by atoms with E-state index >= 15 is 0 Å². The SMILES string of the molecule is COc1cccc(-c2nccn2[C@@H]2COC[C@@H]2CS(=O)(=O)N(C)C)c1OC.O=CO. The molecule has 0 aliphatic carbocycles. The molecule has 30 heavy (non-hydrogen) atoms. The summed E-state index contributed by atoms with van der Waals surface area (Å²) in [6, 6.07) is 5.46. The summed E-state index contributed by atoms with van der Waals surface area (Å²) in [6.45, 7) is 0.577. The van der Waals surface area contributed by atoms with Crippen molar-refractivity contribution in [1.29, 1.82) is 0 Å². The van der Waals surface area contributed by atoms with Crippen molar-refractivity contribution in [3.63, 3.8) is 0 Å². The number of imidazole rings is 1. The molecule has 0 saturated carbocycles. The highest BCUT2D eigenvalue weighted by Crippen LogP contribution is 2.39. The van der Waals surface area contributed by atoms with Crippen molar-refractivity contribution in [2.45, 2.75) is 6.04 Å². The second-order valence-corrected chi connectivity index (χ2v) is 8.96. The van der Waals surface area contributed by atoms with Crippen LogP contribution in [0, 0.1) is 5.92 Å². The molecule has 1 N–H and O–H groups in total. The summed E-state index contributed by atoms with van der Waals surface area (Å²) in [6.07, 6.45) is 3.55. The fourth-order valence-corrected chi connectivity index (χ4v) is 4.48. The number of carbonyl (C=O) groups is 1. The van der Waals surface area contributed by atoms with Gasteiger partial charge in [0, 0.05) is 32.4 Å². The Morgan fingerprint density at radius 3 is 2.60 bits per heavy atom. The highest BCUT2D eigenvalue weighted by molar-refractivity contribution is 7.89. The van der Waals surface area contributed by atoms with Gasteiger partial charge in [0.05, 0.1) is 44.8 Å². The van der Waals surface area contributed by atoms with Gasteiger partial charge in [-0.25, -0.2) is 17.7 Å². The second-order valence-electron chi connectivity index (χ2n) is 6.73. The normalized spacial score (nSPS) is 18.6. The lowest BCUT2D eigenvalue weighted by Crippen LogP contribution is -2.32. The van der Waals surface area contributed by atoms with Crippen molar-refractivity contribution >= 4 is 16.5 Å². The smallest absolute Gasteiger partial charge is 0.290 e. The largest absolute Gasteiger partial charge is 0.493 e. The first-order valence-corrected chi connectivity index (χ1v) is 10.7. The molecule has 1 aliphatic rings. The van der Waals surface area contributed by atoms with Crippen LogP contribution in [-0.4, -0.2) is 81.1 Å². The monoisotopic (exact) mass is 441 g/mol. The molecule has 2 aromatic rings. The fraction of sp³-hybridized carbons (Fsp3) is 0.474. The molecule has 1 fully saturated rings. The maximum absolute atomic E-state index is 12.3. The molecule has 1 aromatic heterocycles. The molecule has 2 heterocycles. The summed E-state index contributed by atoms with van der Waals surface area (Å²) in [5, 5.41) is 6.89. The molecule has 1 aliphatic heterocycles. The van der Waals surface area contributed by atoms with Crippen LogP contribution in [0.1, 0.15) is 6.04 Å². The Hall–Kier alpha value is -2.63. The number of hydrogen-bond acceptors (Lipinski definition) is 7. The number of nitrogens with zero attached hydrogens (tertiary/aromatic N) is 3. The molecule has 1 saturated heterocycles. The van der Waals surface area contributed by atoms with Gasteiger partial charge in [0.1, 0.15) is 5.82 Å². The molecule has 1 aromatic carbocycles. The van der Waals surface area contributed by atoms with Crippen LogP contribution in [0.2, 0.25) is 0 Å². The van der Waals surface area contributed by atoms with Crippen molar-refractivity contribution in [1.82, 2.24) is 13.9 Å². The Kier molecular flexibility index (Phi) is 8.21. The van der Waals surface area contributed by atoms with E-state index < -0.39 is 10.0 Å². The third-order valence-corrected chi connectivity index (χ3v) is 6.78. The van der Waals surface area contributed by atoms with Crippen LogP contribution in [0.15, 0.2) is 30.6 Å². The molecule has 0 spiro atoms. The summed E-state index contributed by atoms with van der Waals surface area (Å²) < 4.78 is 44.5. The van der Waals surface area contributed by atoms with Gasteiger partial charge in [-0.1, -0.05) is 6.07 Å². The Morgan fingerprint density at radius 2 is 2.00 bits per heavy atom. The van der Waals surface area contributed by atoms with E-state index in [2.05, 4.69) is 4.98 Å². The zero-order valence-corrected chi connectivity index (χ0v) is 18.2. The Bertz CT molecular complexity index is 943. The minimum Gasteiger partial charge on any atom is -0.493 e. The van der Waals surface area contributed by atoms with Crippen molar-refractivity contribution in [3.8, 4) is 22.9 Å². The maximum Gasteiger partial charge on any atom is 0.290 e. The van der Waals surface area contributed by atoms with Gasteiger partial charge in [0.15, 0.2) is 11.5 Å². The van der Waals surface area contributed by atoms with Crippen molar-refractivity contribution in [3.05, 3.63) is 30.6 Å². The van der Waals surface area contributed by atoms with Gasteiger partial charge in [-0.05, 0) is 12.1 Å². The number of para-hydroxylation sites is 1. The number of aromatic nitrogens is 2. The third-order valence-electron chi connectivity index (χ3n) is 4.82. The average Bonchev–Trinajstić information content (AvgIpc) is 3.36. The van der Waals surface area contributed by atoms with Crippen LogP contribution < -0.4 is 9.47 Å². The number of methoxy groups -OCH3 is 2. The number of rotatable bonds is 7. The predicted molar refractivity (Wildman–Crippen MR) is 110 cm³/mol. The first kappa shape index (κ1) is 23.6. The summed E-state index contributed by atoms with van der Waals surface area (Å²) in [5.74, 6) is 1.75. The van der Waals surface area contributed by atoms with Crippen molar-refractivity contribution in [2.75, 3.05) is 47.3 Å². The first-order valence-electron chi connectivity index (χ1n) is 9.10. The number of hydrogen-bond donors (Lipinski definition) is 1. The molecule has 0 radical (unpaired) electrons. The topological polar surface area (TPSA) is 120 Å². The molecule has 0 bridgehead atoms. The molecule has 2 atom stereocenters. The van der Waals surface area contributed by atoms with Gasteiger partial charge < -0.3 is 23.9 Å². The first-order chi connectivity index (χ1) is 14.3. The Balaban J connectivity index is 0.00000101. The summed E-state index contributed by atoms with van der Waals surface area (Å²) >= 11 is 0. The van der Waals surface area contributed by atoms with Gasteiger partial charge in [0.2, 0.25) is 10.0 Å². The van der Waals surface area contributed by atoms with Crippen molar-refractivity contribution < 1.29 is 32.5 Å². The lowest BCUT2D eigenvalue weighted by Gasteiger charge is -2.23. The van der Waals surface area contributed by atoms with Crippen LogP contribution in [0.3, 0.4) is 0 Å². The lowest BCUT2D eigenvalue weighted by atomic mass is 10.1. The van der Waals surface area contributed by atoms with E-state index in [1.54, 1.807) is 34.5 Å². The van der Waals surface area contributed by atoms with Crippen LogP contribution in [0.25, 0.3) is 11.4 Å². The molecule has 10 nitrogen and oxygen atoms in total. The summed E-state index contributed by atoms with van der Waals surface area (Å²) in [7, 11) is 2.93. The van der Waals surface area contributed by atoms with E-state index in [9.17, 15) is 8.42 Å². The molecule has 3 rings (SSSR count). The zero-order valence-electron chi connectivity index (χ0n) is 17.4. The van der Waals surface area contributed by atoms with Crippen LogP contribution >= 0.6 is 0 Å². The minimum atomic E-state index is -3.33. The zero-order chi connectivity index (χ0) is 22.3. The predicted octanol–water partition coefficient (Wildman–Crippen LogP) is 1.35. The van der Waals surface area contributed by atoms with Gasteiger partial charge >= 0.3 is 0 Å². The Labute approximate surface area is 176 Å². The van der Waals surface area contributed by atoms with E-state index in [1.165, 1.54) is 4.31 Å². The molecular formula is C19H27N3O7S. The highest BCUT2D eigenvalue weighted by Gasteiger charge is 2.35. The fourth-order valence-electron chi connectivity index (χ4n) is 3.33. The standard InChI is InChI=1S/C18H25N3O5S.CH2O2/c1-20(2)27(22,23)12-13-10-26-11-15(13)21-9-8-19-18(21)14-6-5-7-16(24-3)17(14)25-4;2-1-3/h5-9,13,15H,10-12H2,1-4H3;1H,(H,2,3)/t13-,15-;/m1./s1. The Morgan fingerprint density at radius 1 is 1.30 bits per heavy atom. The van der Waals surface area contributed by atoms with Crippen LogP contribution in [-0.2, 0) is 19.6 Å². The molecule has 0 unspecified atom stereocenters. The molecule has 166 valence electrons. The van der Waals surface area contributed by atoms with Crippen molar-refractivity contribution in [2.24, 2.45) is 5.92 Å². The molecule has 0 amide bonds. The van der Waals surface area contributed by atoms with E-state index in [4.69, 9.17) is 24.1 Å². The van der Waals surface area contributed by atoms with E-state index in [0.29, 0.717) is 30.5 Å². The summed E-state index contributed by atoms with van der Waals surface area (Å²) in [5.41, 5.74) is 0.781. The minimum absolute atomic E-state index is 0.0253. The third kappa shape index (κ3) is 5.10. The number of carboxylic acid groups (broad SMARTS) is 1. The van der Waals surface area contributed by atoms with Gasteiger partial charge in [-0.2, -0.15) is 0 Å². The van der Waals surface area contributed by atoms with E-state index in [-0.39, 0.29) is 24.2 Å². The van der Waals surface area contributed by atoms with E-state index in [1.807, 2.05) is 29.0 Å². The quantitative estimate of drug-likeness (QED) is 0.639. The lowest BCUT2D eigenvalue weighted by molar-refractivity contribution is -0.122. The highest BCUT2D eigenvalue weighted by atomic mass is 32.2. The maximum atomic E-state index is 12.3. The average molecular weight is 442 g/mol. The van der Waals surface area contributed by atoms with Gasteiger partial charge in [-0.15, -0.1) is 0 Å². The number of ether oxygens (including phenoxy) is 3. The van der Waals surface area contributed by atoms with Crippen LogP contribution in [0.4, 0.5) is 0 Å².